The van der Waals surface area contributed by atoms with Crippen LogP contribution in [-0.2, 0) is 0 Å². The molecule has 1 N–H and O–H groups in total. The Labute approximate surface area is 107 Å². The van der Waals surface area contributed by atoms with Crippen LogP contribution >= 0.6 is 0 Å². The Balaban J connectivity index is 2.17. The number of nitrogens with one attached hydrogen (secondary N) is 1. The topological polar surface area (TPSA) is 58.4 Å². The van der Waals surface area contributed by atoms with Crippen molar-refractivity contribution in [3.8, 4) is 0 Å². The first kappa shape index (κ1) is 12.8. The van der Waals surface area contributed by atoms with Crippen molar-refractivity contribution in [2.24, 2.45) is 0 Å². The van der Waals surface area contributed by atoms with Crippen molar-refractivity contribution in [2.75, 3.05) is 25.0 Å². The number of anilines is 1. The summed E-state index contributed by atoms with van der Waals surface area (Å²) < 4.78 is 0. The van der Waals surface area contributed by atoms with Gasteiger partial charge in [0.25, 0.3) is 5.69 Å². The first-order valence-corrected chi connectivity index (χ1v) is 6.27. The third kappa shape index (κ3) is 2.79. The molecule has 5 nitrogen and oxygen atoms in total. The Bertz CT molecular complexity index is 442. The SMILES string of the molecule is Cc1ccc(N(C)CC2CCCN2)c([N+](=O)[O-])c1. The van der Waals surface area contributed by atoms with E-state index in [-0.39, 0.29) is 10.6 Å². The molecule has 18 heavy (non-hydrogen) atoms. The molecule has 0 amide bonds. The molecule has 1 heterocycles. The largest absolute Gasteiger partial charge is 0.367 e. The first-order valence-electron chi connectivity index (χ1n) is 6.27. The normalized spacial score (nSPS) is 18.9. The van der Waals surface area contributed by atoms with E-state index in [1.165, 1.54) is 6.42 Å². The van der Waals surface area contributed by atoms with E-state index < -0.39 is 0 Å². The van der Waals surface area contributed by atoms with Crippen molar-refractivity contribution < 1.29 is 4.92 Å². The van der Waals surface area contributed by atoms with Gasteiger partial charge in [-0.3, -0.25) is 10.1 Å². The summed E-state index contributed by atoms with van der Waals surface area (Å²) in [6.45, 7) is 3.73. The second-order valence-electron chi connectivity index (χ2n) is 4.92. The van der Waals surface area contributed by atoms with Crippen molar-refractivity contribution >= 4 is 11.4 Å². The number of nitro groups is 1. The summed E-state index contributed by atoms with van der Waals surface area (Å²) in [5, 5.41) is 14.5. The van der Waals surface area contributed by atoms with E-state index >= 15 is 0 Å². The Morgan fingerprint density at radius 2 is 2.33 bits per heavy atom. The zero-order chi connectivity index (χ0) is 13.1. The van der Waals surface area contributed by atoms with E-state index in [1.807, 2.05) is 31.0 Å². The van der Waals surface area contributed by atoms with Gasteiger partial charge in [-0.2, -0.15) is 0 Å². The Kier molecular flexibility index (Phi) is 3.81. The number of benzene rings is 1. The number of nitro benzene ring substituents is 1. The van der Waals surface area contributed by atoms with Crippen LogP contribution in [0.3, 0.4) is 0 Å². The van der Waals surface area contributed by atoms with Gasteiger partial charge >= 0.3 is 0 Å². The highest BCUT2D eigenvalue weighted by atomic mass is 16.6. The molecule has 0 saturated carbocycles. The predicted octanol–water partition coefficient (Wildman–Crippen LogP) is 2.09. The summed E-state index contributed by atoms with van der Waals surface area (Å²) >= 11 is 0. The Morgan fingerprint density at radius 1 is 1.56 bits per heavy atom. The van der Waals surface area contributed by atoms with E-state index in [0.29, 0.717) is 11.7 Å². The third-order valence-electron chi connectivity index (χ3n) is 3.40. The second kappa shape index (κ2) is 5.35. The van der Waals surface area contributed by atoms with E-state index in [0.717, 1.165) is 25.1 Å². The van der Waals surface area contributed by atoms with Gasteiger partial charge in [-0.05, 0) is 37.9 Å². The first-order chi connectivity index (χ1) is 8.58. The lowest BCUT2D eigenvalue weighted by molar-refractivity contribution is -0.384. The van der Waals surface area contributed by atoms with Crippen molar-refractivity contribution in [2.45, 2.75) is 25.8 Å². The van der Waals surface area contributed by atoms with Gasteiger partial charge in [0.1, 0.15) is 5.69 Å². The summed E-state index contributed by atoms with van der Waals surface area (Å²) in [5.74, 6) is 0. The minimum atomic E-state index is -0.305. The lowest BCUT2D eigenvalue weighted by atomic mass is 10.1. The highest BCUT2D eigenvalue weighted by Gasteiger charge is 2.21. The lowest BCUT2D eigenvalue weighted by Gasteiger charge is -2.23. The quantitative estimate of drug-likeness (QED) is 0.655. The molecule has 5 heteroatoms. The van der Waals surface area contributed by atoms with Crippen molar-refractivity contribution in [1.29, 1.82) is 0 Å². The van der Waals surface area contributed by atoms with E-state index in [1.54, 1.807) is 6.07 Å². The number of likely N-dealkylation sites (N-methyl/N-ethyl adjacent to an activating group) is 1. The number of nitrogens with zero attached hydrogens (tertiary/aromatic N) is 2. The van der Waals surface area contributed by atoms with Gasteiger partial charge in [0, 0.05) is 25.7 Å². The molecule has 0 spiro atoms. The van der Waals surface area contributed by atoms with Crippen LogP contribution in [0, 0.1) is 17.0 Å². The van der Waals surface area contributed by atoms with E-state index in [9.17, 15) is 10.1 Å². The molecule has 1 atom stereocenters. The summed E-state index contributed by atoms with van der Waals surface area (Å²) in [6, 6.07) is 5.83. The van der Waals surface area contributed by atoms with Gasteiger partial charge in [-0.15, -0.1) is 0 Å². The summed E-state index contributed by atoms with van der Waals surface area (Å²) in [6.07, 6.45) is 2.33. The van der Waals surface area contributed by atoms with Gasteiger partial charge in [-0.25, -0.2) is 0 Å². The van der Waals surface area contributed by atoms with Gasteiger partial charge in [0.05, 0.1) is 4.92 Å². The highest BCUT2D eigenvalue weighted by molar-refractivity contribution is 5.64. The monoisotopic (exact) mass is 249 g/mol. The van der Waals surface area contributed by atoms with Crippen molar-refractivity contribution in [3.05, 3.63) is 33.9 Å². The second-order valence-corrected chi connectivity index (χ2v) is 4.92. The molecule has 0 bridgehead atoms. The highest BCUT2D eigenvalue weighted by Crippen LogP contribution is 2.28. The standard InChI is InChI=1S/C13H19N3O2/c1-10-5-6-12(13(8-10)16(17)18)15(2)9-11-4-3-7-14-11/h5-6,8,11,14H,3-4,7,9H2,1-2H3. The molecule has 1 aromatic rings. The van der Waals surface area contributed by atoms with Crippen LogP contribution in [0.1, 0.15) is 18.4 Å². The molecule has 1 aromatic carbocycles. The zero-order valence-corrected chi connectivity index (χ0v) is 10.8. The van der Waals surface area contributed by atoms with Gasteiger partial charge < -0.3 is 10.2 Å². The molecular formula is C13H19N3O2. The van der Waals surface area contributed by atoms with Crippen LogP contribution in [-0.4, -0.2) is 31.1 Å². The maximum Gasteiger partial charge on any atom is 0.292 e. The van der Waals surface area contributed by atoms with Crippen LogP contribution in [0.25, 0.3) is 0 Å². The van der Waals surface area contributed by atoms with Crippen molar-refractivity contribution in [3.63, 3.8) is 0 Å². The van der Waals surface area contributed by atoms with Crippen molar-refractivity contribution in [1.82, 2.24) is 5.32 Å². The van der Waals surface area contributed by atoms with Crippen LogP contribution in [0.2, 0.25) is 0 Å². The minimum absolute atomic E-state index is 0.190. The molecule has 0 radical (unpaired) electrons. The third-order valence-corrected chi connectivity index (χ3v) is 3.40. The number of hydrogen-bond acceptors (Lipinski definition) is 4. The van der Waals surface area contributed by atoms with Gasteiger partial charge in [0.15, 0.2) is 0 Å². The van der Waals surface area contributed by atoms with Crippen LogP contribution in [0.5, 0.6) is 0 Å². The van der Waals surface area contributed by atoms with Gasteiger partial charge in [-0.1, -0.05) is 6.07 Å². The minimum Gasteiger partial charge on any atom is -0.367 e. The lowest BCUT2D eigenvalue weighted by Crippen LogP contribution is -2.35. The zero-order valence-electron chi connectivity index (χ0n) is 10.8. The Hall–Kier alpha value is -1.62. The van der Waals surface area contributed by atoms with Crippen LogP contribution in [0.15, 0.2) is 18.2 Å². The Morgan fingerprint density at radius 3 is 2.94 bits per heavy atom. The number of hydrogen-bond donors (Lipinski definition) is 1. The number of rotatable bonds is 4. The fourth-order valence-corrected chi connectivity index (χ4v) is 2.44. The average molecular weight is 249 g/mol. The fourth-order valence-electron chi connectivity index (χ4n) is 2.44. The molecule has 98 valence electrons. The summed E-state index contributed by atoms with van der Waals surface area (Å²) in [4.78, 5) is 12.7. The van der Waals surface area contributed by atoms with Gasteiger partial charge in [0.2, 0.25) is 0 Å². The van der Waals surface area contributed by atoms with Crippen LogP contribution in [0.4, 0.5) is 11.4 Å². The maximum atomic E-state index is 11.1. The average Bonchev–Trinajstić information content (AvgIpc) is 2.81. The number of aryl methyl sites for hydroxylation is 1. The van der Waals surface area contributed by atoms with E-state index in [2.05, 4.69) is 5.32 Å². The molecule has 1 unspecified atom stereocenters. The van der Waals surface area contributed by atoms with Crippen LogP contribution < -0.4 is 10.2 Å². The molecule has 1 saturated heterocycles. The smallest absolute Gasteiger partial charge is 0.292 e. The fraction of sp³-hybridized carbons (Fsp3) is 0.538. The molecule has 1 aliphatic heterocycles. The maximum absolute atomic E-state index is 11.1. The predicted molar refractivity (Wildman–Crippen MR) is 72.1 cm³/mol. The molecule has 2 rings (SSSR count). The summed E-state index contributed by atoms with van der Waals surface area (Å²) in [5.41, 5.74) is 1.80. The molecule has 0 aromatic heterocycles. The molecule has 1 aliphatic rings. The molecule has 1 fully saturated rings. The molecular weight excluding hydrogens is 230 g/mol. The summed E-state index contributed by atoms with van der Waals surface area (Å²) in [7, 11) is 1.91. The van der Waals surface area contributed by atoms with E-state index in [4.69, 9.17) is 0 Å². The molecule has 0 aliphatic carbocycles.